The first-order chi connectivity index (χ1) is 5.81. The summed E-state index contributed by atoms with van der Waals surface area (Å²) in [5.41, 5.74) is 1.38. The van der Waals surface area contributed by atoms with E-state index in [4.69, 9.17) is 0 Å². The van der Waals surface area contributed by atoms with Gasteiger partial charge in [-0.25, -0.2) is 4.98 Å². The summed E-state index contributed by atoms with van der Waals surface area (Å²) in [6.45, 7) is 2.21. The number of halogens is 1. The first-order valence-corrected chi connectivity index (χ1v) is 6.07. The molecule has 1 aliphatic carbocycles. The maximum atomic E-state index is 4.54. The zero-order valence-electron chi connectivity index (χ0n) is 7.14. The third-order valence-electron chi connectivity index (χ3n) is 2.51. The molecule has 0 amide bonds. The van der Waals surface area contributed by atoms with Gasteiger partial charge in [-0.3, -0.25) is 0 Å². The molecule has 1 aromatic rings. The molecule has 1 aromatic heterocycles. The van der Waals surface area contributed by atoms with E-state index in [2.05, 4.69) is 27.8 Å². The second kappa shape index (κ2) is 3.46. The number of aromatic nitrogens is 1. The van der Waals surface area contributed by atoms with Crippen LogP contribution >= 0.6 is 27.3 Å². The Morgan fingerprint density at radius 3 is 2.83 bits per heavy atom. The molecule has 0 saturated heterocycles. The number of nitrogens with zero attached hydrogens (tertiary/aromatic N) is 1. The summed E-state index contributed by atoms with van der Waals surface area (Å²) in [6, 6.07) is 0. The molecule has 0 atom stereocenters. The van der Waals surface area contributed by atoms with Gasteiger partial charge in [-0.1, -0.05) is 13.3 Å². The Labute approximate surface area is 85.3 Å². The molecule has 0 N–H and O–H groups in total. The molecule has 3 heteroatoms. The minimum Gasteiger partial charge on any atom is -0.234 e. The van der Waals surface area contributed by atoms with Crippen molar-refractivity contribution in [3.05, 3.63) is 14.5 Å². The lowest BCUT2D eigenvalue weighted by Crippen LogP contribution is -2.10. The van der Waals surface area contributed by atoms with Crippen LogP contribution < -0.4 is 0 Å². The molecule has 0 bridgehead atoms. The number of rotatable bonds is 2. The van der Waals surface area contributed by atoms with E-state index in [-0.39, 0.29) is 0 Å². The standard InChI is InChI=1S/C9H12BrNS/c1-2-7-8(6-4-3-5-6)11-9(10)12-7/h6H,2-5H2,1H3. The Bertz CT molecular complexity index is 278. The van der Waals surface area contributed by atoms with Crippen LogP contribution in [0, 0.1) is 0 Å². The van der Waals surface area contributed by atoms with Crippen LogP contribution in [0.25, 0.3) is 0 Å². The smallest absolute Gasteiger partial charge is 0.159 e. The van der Waals surface area contributed by atoms with Gasteiger partial charge >= 0.3 is 0 Å². The van der Waals surface area contributed by atoms with Gasteiger partial charge in [0.25, 0.3) is 0 Å². The van der Waals surface area contributed by atoms with E-state index in [0.717, 1.165) is 16.3 Å². The van der Waals surface area contributed by atoms with Crippen molar-refractivity contribution in [1.82, 2.24) is 4.98 Å². The second-order valence-corrected chi connectivity index (χ2v) is 5.62. The normalized spacial score (nSPS) is 17.8. The van der Waals surface area contributed by atoms with E-state index in [9.17, 15) is 0 Å². The SMILES string of the molecule is CCc1sc(Br)nc1C1CCC1. The quantitative estimate of drug-likeness (QED) is 0.774. The summed E-state index contributed by atoms with van der Waals surface area (Å²) in [7, 11) is 0. The lowest BCUT2D eigenvalue weighted by atomic mass is 9.82. The predicted octanol–water partition coefficient (Wildman–Crippen LogP) is 3.74. The average Bonchev–Trinajstić information content (AvgIpc) is 2.27. The minimum absolute atomic E-state index is 0.780. The highest BCUT2D eigenvalue weighted by atomic mass is 79.9. The zero-order chi connectivity index (χ0) is 8.55. The summed E-state index contributed by atoms with van der Waals surface area (Å²) < 4.78 is 1.06. The largest absolute Gasteiger partial charge is 0.234 e. The first kappa shape index (κ1) is 8.70. The summed E-state index contributed by atoms with van der Waals surface area (Å²) >= 11 is 5.25. The molecular formula is C9H12BrNS. The van der Waals surface area contributed by atoms with Gasteiger partial charge in [-0.05, 0) is 35.2 Å². The Morgan fingerprint density at radius 2 is 2.33 bits per heavy atom. The van der Waals surface area contributed by atoms with Gasteiger partial charge in [0.05, 0.1) is 5.69 Å². The molecule has 66 valence electrons. The van der Waals surface area contributed by atoms with E-state index in [0.29, 0.717) is 0 Å². The van der Waals surface area contributed by atoms with Gasteiger partial charge in [0.15, 0.2) is 3.92 Å². The highest BCUT2D eigenvalue weighted by Gasteiger charge is 2.24. The summed E-state index contributed by atoms with van der Waals surface area (Å²) in [6.07, 6.45) is 5.23. The minimum atomic E-state index is 0.780. The van der Waals surface area contributed by atoms with Crippen LogP contribution in [-0.4, -0.2) is 4.98 Å². The van der Waals surface area contributed by atoms with Crippen molar-refractivity contribution in [3.63, 3.8) is 0 Å². The van der Waals surface area contributed by atoms with Crippen LogP contribution in [0.3, 0.4) is 0 Å². The van der Waals surface area contributed by atoms with Crippen molar-refractivity contribution in [2.45, 2.75) is 38.5 Å². The fraction of sp³-hybridized carbons (Fsp3) is 0.667. The molecule has 12 heavy (non-hydrogen) atoms. The molecule has 1 fully saturated rings. The molecule has 0 aromatic carbocycles. The van der Waals surface area contributed by atoms with E-state index >= 15 is 0 Å². The number of hydrogen-bond donors (Lipinski definition) is 0. The van der Waals surface area contributed by atoms with Crippen LogP contribution in [-0.2, 0) is 6.42 Å². The summed E-state index contributed by atoms with van der Waals surface area (Å²) in [5.74, 6) is 0.780. The van der Waals surface area contributed by atoms with Gasteiger partial charge in [0.2, 0.25) is 0 Å². The molecule has 0 spiro atoms. The van der Waals surface area contributed by atoms with Crippen molar-refractivity contribution < 1.29 is 0 Å². The first-order valence-electron chi connectivity index (χ1n) is 4.46. The summed E-state index contributed by atoms with van der Waals surface area (Å²) in [4.78, 5) is 6.02. The lowest BCUT2D eigenvalue weighted by molar-refractivity contribution is 0.410. The molecule has 0 unspecified atom stereocenters. The third kappa shape index (κ3) is 1.44. The molecule has 0 radical (unpaired) electrons. The van der Waals surface area contributed by atoms with Crippen molar-refractivity contribution in [3.8, 4) is 0 Å². The fourth-order valence-electron chi connectivity index (χ4n) is 1.59. The van der Waals surface area contributed by atoms with Gasteiger partial charge in [-0.2, -0.15) is 0 Å². The Balaban J connectivity index is 2.27. The topological polar surface area (TPSA) is 12.9 Å². The van der Waals surface area contributed by atoms with E-state index in [1.54, 1.807) is 11.3 Å². The number of aryl methyl sites for hydroxylation is 1. The summed E-state index contributed by atoms with van der Waals surface area (Å²) in [5, 5.41) is 0. The molecule has 1 nitrogen and oxygen atoms in total. The number of hydrogen-bond acceptors (Lipinski definition) is 2. The fourth-order valence-corrected chi connectivity index (χ4v) is 3.17. The van der Waals surface area contributed by atoms with Crippen LogP contribution in [0.2, 0.25) is 0 Å². The van der Waals surface area contributed by atoms with Crippen LogP contribution in [0.15, 0.2) is 3.92 Å². The molecule has 1 heterocycles. The van der Waals surface area contributed by atoms with Gasteiger partial charge < -0.3 is 0 Å². The molecule has 0 aliphatic heterocycles. The Kier molecular flexibility index (Phi) is 2.51. The van der Waals surface area contributed by atoms with Crippen molar-refractivity contribution in [2.75, 3.05) is 0 Å². The maximum Gasteiger partial charge on any atom is 0.159 e. The van der Waals surface area contributed by atoms with E-state index in [1.807, 2.05) is 0 Å². The van der Waals surface area contributed by atoms with Crippen molar-refractivity contribution >= 4 is 27.3 Å². The maximum absolute atomic E-state index is 4.54. The second-order valence-electron chi connectivity index (χ2n) is 3.26. The van der Waals surface area contributed by atoms with E-state index < -0.39 is 0 Å². The zero-order valence-corrected chi connectivity index (χ0v) is 9.54. The highest BCUT2D eigenvalue weighted by molar-refractivity contribution is 9.11. The van der Waals surface area contributed by atoms with Crippen LogP contribution in [0.5, 0.6) is 0 Å². The molecule has 1 saturated carbocycles. The van der Waals surface area contributed by atoms with Crippen molar-refractivity contribution in [2.24, 2.45) is 0 Å². The molecular weight excluding hydrogens is 234 g/mol. The van der Waals surface area contributed by atoms with Gasteiger partial charge in [0.1, 0.15) is 0 Å². The predicted molar refractivity (Wildman–Crippen MR) is 55.8 cm³/mol. The highest BCUT2D eigenvalue weighted by Crippen LogP contribution is 2.40. The lowest BCUT2D eigenvalue weighted by Gasteiger charge is -2.24. The van der Waals surface area contributed by atoms with Gasteiger partial charge in [-0.15, -0.1) is 11.3 Å². The third-order valence-corrected chi connectivity index (χ3v) is 4.18. The Hall–Kier alpha value is 0.110. The van der Waals surface area contributed by atoms with Crippen molar-refractivity contribution in [1.29, 1.82) is 0 Å². The number of thiazole rings is 1. The molecule has 2 rings (SSSR count). The molecule has 1 aliphatic rings. The average molecular weight is 246 g/mol. The van der Waals surface area contributed by atoms with Crippen LogP contribution in [0.4, 0.5) is 0 Å². The monoisotopic (exact) mass is 245 g/mol. The van der Waals surface area contributed by atoms with E-state index in [1.165, 1.54) is 29.8 Å². The Morgan fingerprint density at radius 1 is 1.58 bits per heavy atom. The van der Waals surface area contributed by atoms with Crippen LogP contribution in [0.1, 0.15) is 42.7 Å². The van der Waals surface area contributed by atoms with Gasteiger partial charge in [0, 0.05) is 10.8 Å².